The highest BCUT2D eigenvalue weighted by Crippen LogP contribution is 2.33. The molecule has 0 radical (unpaired) electrons. The zero-order valence-corrected chi connectivity index (χ0v) is 11.2. The zero-order valence-electron chi connectivity index (χ0n) is 10.4. The van der Waals surface area contributed by atoms with Crippen LogP contribution in [-0.2, 0) is 6.18 Å². The lowest BCUT2D eigenvalue weighted by molar-refractivity contribution is -0.137. The van der Waals surface area contributed by atoms with Gasteiger partial charge in [0.1, 0.15) is 10.1 Å². The third kappa shape index (κ3) is 3.49. The van der Waals surface area contributed by atoms with Gasteiger partial charge in [-0.25, -0.2) is 9.97 Å². The van der Waals surface area contributed by atoms with E-state index in [9.17, 15) is 18.3 Å². The van der Waals surface area contributed by atoms with E-state index in [1.807, 2.05) is 0 Å². The molecule has 2 heterocycles. The second-order valence-electron chi connectivity index (χ2n) is 4.06. The molecule has 0 amide bonds. The highest BCUT2D eigenvalue weighted by molar-refractivity contribution is 7.99. The first-order valence-corrected chi connectivity index (χ1v) is 6.53. The summed E-state index contributed by atoms with van der Waals surface area (Å²) in [6, 6.07) is 5.66. The van der Waals surface area contributed by atoms with Crippen LogP contribution in [0.25, 0.3) is 0 Å². The van der Waals surface area contributed by atoms with Gasteiger partial charge < -0.3 is 5.11 Å². The SMILES string of the molecule is C[C@H](O)c1cccnc1Sc1ccc(C(F)(F)F)cn1. The fourth-order valence-electron chi connectivity index (χ4n) is 1.51. The minimum atomic E-state index is -4.40. The molecule has 0 unspecified atom stereocenters. The summed E-state index contributed by atoms with van der Waals surface area (Å²) in [5.74, 6) is 0. The van der Waals surface area contributed by atoms with Gasteiger partial charge in [-0.1, -0.05) is 6.07 Å². The highest BCUT2D eigenvalue weighted by atomic mass is 32.2. The minimum Gasteiger partial charge on any atom is -0.389 e. The number of hydrogen-bond donors (Lipinski definition) is 1. The van der Waals surface area contributed by atoms with Crippen molar-refractivity contribution in [3.8, 4) is 0 Å². The molecule has 0 aliphatic rings. The van der Waals surface area contributed by atoms with E-state index in [0.29, 0.717) is 15.6 Å². The van der Waals surface area contributed by atoms with Crippen molar-refractivity contribution in [3.63, 3.8) is 0 Å². The van der Waals surface area contributed by atoms with E-state index in [1.165, 1.54) is 6.07 Å². The molecule has 3 nitrogen and oxygen atoms in total. The smallest absolute Gasteiger partial charge is 0.389 e. The number of aliphatic hydroxyl groups excluding tert-OH is 1. The Morgan fingerprint density at radius 1 is 1.20 bits per heavy atom. The average Bonchev–Trinajstić information content (AvgIpc) is 2.38. The first-order chi connectivity index (χ1) is 9.38. The molecule has 106 valence electrons. The number of nitrogens with zero attached hydrogens (tertiary/aromatic N) is 2. The molecule has 2 aromatic rings. The Labute approximate surface area is 117 Å². The average molecular weight is 300 g/mol. The summed E-state index contributed by atoms with van der Waals surface area (Å²) in [5, 5.41) is 10.5. The van der Waals surface area contributed by atoms with Crippen molar-refractivity contribution in [1.29, 1.82) is 0 Å². The maximum atomic E-state index is 12.4. The van der Waals surface area contributed by atoms with Crippen molar-refractivity contribution in [2.45, 2.75) is 29.3 Å². The fourth-order valence-corrected chi connectivity index (χ4v) is 2.42. The molecule has 0 aliphatic carbocycles. The standard InChI is InChI=1S/C13H11F3N2OS/c1-8(19)10-3-2-6-17-12(10)20-11-5-4-9(7-18-11)13(14,15)16/h2-8,19H,1H3/t8-/m0/s1. The van der Waals surface area contributed by atoms with E-state index in [4.69, 9.17) is 0 Å². The molecule has 2 rings (SSSR count). The summed E-state index contributed by atoms with van der Waals surface area (Å²) < 4.78 is 37.3. The summed E-state index contributed by atoms with van der Waals surface area (Å²) in [4.78, 5) is 7.87. The molecule has 0 aliphatic heterocycles. The van der Waals surface area contributed by atoms with Crippen molar-refractivity contribution in [3.05, 3.63) is 47.8 Å². The van der Waals surface area contributed by atoms with Crippen LogP contribution < -0.4 is 0 Å². The van der Waals surface area contributed by atoms with Crippen LogP contribution in [0.1, 0.15) is 24.2 Å². The van der Waals surface area contributed by atoms with E-state index in [2.05, 4.69) is 9.97 Å². The van der Waals surface area contributed by atoms with E-state index < -0.39 is 17.8 Å². The lowest BCUT2D eigenvalue weighted by atomic mass is 10.2. The van der Waals surface area contributed by atoms with Crippen LogP contribution in [-0.4, -0.2) is 15.1 Å². The monoisotopic (exact) mass is 300 g/mol. The van der Waals surface area contributed by atoms with Gasteiger partial charge in [0.05, 0.1) is 11.7 Å². The van der Waals surface area contributed by atoms with Crippen LogP contribution in [0.5, 0.6) is 0 Å². The molecular weight excluding hydrogens is 289 g/mol. The van der Waals surface area contributed by atoms with Crippen molar-refractivity contribution >= 4 is 11.8 Å². The molecule has 1 atom stereocenters. The maximum absolute atomic E-state index is 12.4. The van der Waals surface area contributed by atoms with Crippen molar-refractivity contribution in [2.24, 2.45) is 0 Å². The lowest BCUT2D eigenvalue weighted by Crippen LogP contribution is -2.05. The molecule has 0 fully saturated rings. The first-order valence-electron chi connectivity index (χ1n) is 5.72. The van der Waals surface area contributed by atoms with Crippen LogP contribution in [0.4, 0.5) is 13.2 Å². The molecule has 7 heteroatoms. The van der Waals surface area contributed by atoms with Gasteiger partial charge in [0.25, 0.3) is 0 Å². The quantitative estimate of drug-likeness (QED) is 0.939. The van der Waals surface area contributed by atoms with Crippen LogP contribution in [0.15, 0.2) is 46.7 Å². The molecule has 0 bridgehead atoms. The van der Waals surface area contributed by atoms with Crippen molar-refractivity contribution in [2.75, 3.05) is 0 Å². The van der Waals surface area contributed by atoms with Crippen LogP contribution in [0, 0.1) is 0 Å². The van der Waals surface area contributed by atoms with Crippen LogP contribution >= 0.6 is 11.8 Å². The minimum absolute atomic E-state index is 0.388. The number of alkyl halides is 3. The van der Waals surface area contributed by atoms with Gasteiger partial charge in [-0.3, -0.25) is 0 Å². The van der Waals surface area contributed by atoms with Gasteiger partial charge in [-0.15, -0.1) is 0 Å². The molecular formula is C13H11F3N2OS. The van der Waals surface area contributed by atoms with Gasteiger partial charge >= 0.3 is 6.18 Å². The largest absolute Gasteiger partial charge is 0.417 e. The predicted octanol–water partition coefficient (Wildman–Crippen LogP) is 3.70. The second kappa shape index (κ2) is 5.80. The van der Waals surface area contributed by atoms with E-state index >= 15 is 0 Å². The van der Waals surface area contributed by atoms with Crippen LogP contribution in [0.3, 0.4) is 0 Å². The summed E-state index contributed by atoms with van der Waals surface area (Å²) in [6.07, 6.45) is -2.77. The number of hydrogen-bond acceptors (Lipinski definition) is 4. The zero-order chi connectivity index (χ0) is 14.8. The highest BCUT2D eigenvalue weighted by Gasteiger charge is 2.30. The van der Waals surface area contributed by atoms with Gasteiger partial charge in [0.15, 0.2) is 0 Å². The van der Waals surface area contributed by atoms with Gasteiger partial charge in [0, 0.05) is 18.0 Å². The molecule has 2 aromatic heterocycles. The Balaban J connectivity index is 2.23. The number of rotatable bonds is 3. The molecule has 0 saturated heterocycles. The number of halogens is 3. The normalized spacial score (nSPS) is 13.2. The Kier molecular flexibility index (Phi) is 4.29. The topological polar surface area (TPSA) is 46.0 Å². The Morgan fingerprint density at radius 2 is 1.95 bits per heavy atom. The number of aliphatic hydroxyl groups is 1. The third-order valence-electron chi connectivity index (χ3n) is 2.52. The molecule has 1 N–H and O–H groups in total. The van der Waals surface area contributed by atoms with Gasteiger partial charge in [0.2, 0.25) is 0 Å². The summed E-state index contributed by atoms with van der Waals surface area (Å²) in [5.41, 5.74) is -0.183. The first kappa shape index (κ1) is 14.8. The number of aromatic nitrogens is 2. The van der Waals surface area contributed by atoms with E-state index in [1.54, 1.807) is 25.3 Å². The Hall–Kier alpha value is -1.60. The molecule has 20 heavy (non-hydrogen) atoms. The third-order valence-corrected chi connectivity index (χ3v) is 3.50. The Morgan fingerprint density at radius 3 is 2.50 bits per heavy atom. The maximum Gasteiger partial charge on any atom is 0.417 e. The Bertz CT molecular complexity index is 585. The second-order valence-corrected chi connectivity index (χ2v) is 5.07. The van der Waals surface area contributed by atoms with Crippen molar-refractivity contribution in [1.82, 2.24) is 9.97 Å². The van der Waals surface area contributed by atoms with Crippen molar-refractivity contribution < 1.29 is 18.3 Å². The van der Waals surface area contributed by atoms with Gasteiger partial charge in [-0.05, 0) is 36.9 Å². The predicted molar refractivity (Wildman–Crippen MR) is 68.2 cm³/mol. The fraction of sp³-hybridized carbons (Fsp3) is 0.231. The molecule has 0 spiro atoms. The summed E-state index contributed by atoms with van der Waals surface area (Å²) >= 11 is 1.11. The van der Waals surface area contributed by atoms with E-state index in [0.717, 1.165) is 24.0 Å². The number of pyridine rings is 2. The van der Waals surface area contributed by atoms with Crippen LogP contribution in [0.2, 0.25) is 0 Å². The van der Waals surface area contributed by atoms with Gasteiger partial charge in [-0.2, -0.15) is 13.2 Å². The summed E-state index contributed by atoms with van der Waals surface area (Å²) in [6.45, 7) is 1.60. The lowest BCUT2D eigenvalue weighted by Gasteiger charge is -2.10. The molecule has 0 saturated carbocycles. The molecule has 0 aromatic carbocycles. The summed E-state index contributed by atoms with van der Waals surface area (Å²) in [7, 11) is 0. The van der Waals surface area contributed by atoms with E-state index in [-0.39, 0.29) is 0 Å².